The van der Waals surface area contributed by atoms with Crippen LogP contribution in [0.25, 0.3) is 33.4 Å². The summed E-state index contributed by atoms with van der Waals surface area (Å²) in [6, 6.07) is 71.6. The molecule has 10 aromatic rings. The number of benzene rings is 10. The lowest BCUT2D eigenvalue weighted by atomic mass is 10.0. The van der Waals surface area contributed by atoms with E-state index in [0.717, 1.165) is 42.3 Å². The Labute approximate surface area is 434 Å². The van der Waals surface area contributed by atoms with Crippen molar-refractivity contribution in [3.05, 3.63) is 252 Å². The third-order valence-corrected chi connectivity index (χ3v) is 16.0. The summed E-state index contributed by atoms with van der Waals surface area (Å²) < 4.78 is 81.5. The van der Waals surface area contributed by atoms with E-state index in [9.17, 15) is 16.8 Å². The SMILES string of the molecule is O=S(=O)(c1ccc(Oc2cc(Br)cc(-c3ccccc3)c2)cc1)c1ccc(Oc2ccc(Oc3ccc(S(=O)(=O)c4ccc(Oc5cc(Br)cc(-c6ccccc6)c5)cc4)cc3)c(-c3ccccc3)c2)cc1. The third kappa shape index (κ3) is 11.1. The van der Waals surface area contributed by atoms with Crippen LogP contribution < -0.4 is 18.9 Å². The highest BCUT2D eigenvalue weighted by Gasteiger charge is 2.21. The van der Waals surface area contributed by atoms with Gasteiger partial charge in [-0.3, -0.25) is 0 Å². The van der Waals surface area contributed by atoms with Crippen molar-refractivity contribution >= 4 is 51.5 Å². The van der Waals surface area contributed by atoms with E-state index in [1.54, 1.807) is 60.7 Å². The van der Waals surface area contributed by atoms with E-state index in [4.69, 9.17) is 18.9 Å². The molecular weight excluding hydrogens is 1070 g/mol. The van der Waals surface area contributed by atoms with Crippen molar-refractivity contribution in [1.82, 2.24) is 0 Å². The highest BCUT2D eigenvalue weighted by molar-refractivity contribution is 9.10. The molecule has 0 aliphatic rings. The largest absolute Gasteiger partial charge is 0.457 e. The predicted molar refractivity (Wildman–Crippen MR) is 288 cm³/mol. The minimum atomic E-state index is -3.87. The first-order chi connectivity index (χ1) is 34.9. The maximum Gasteiger partial charge on any atom is 0.206 e. The Balaban J connectivity index is 0.801. The smallest absolute Gasteiger partial charge is 0.206 e. The summed E-state index contributed by atoms with van der Waals surface area (Å²) >= 11 is 7.14. The topological polar surface area (TPSA) is 105 Å². The Morgan fingerprint density at radius 2 is 0.583 bits per heavy atom. The number of halogens is 2. The van der Waals surface area contributed by atoms with Gasteiger partial charge in [-0.15, -0.1) is 0 Å². The predicted octanol–water partition coefficient (Wildman–Crippen LogP) is 17.0. The third-order valence-electron chi connectivity index (χ3n) is 11.5. The number of ether oxygens (including phenoxy) is 4. The van der Waals surface area contributed by atoms with E-state index < -0.39 is 19.7 Å². The molecule has 0 bridgehead atoms. The van der Waals surface area contributed by atoms with Gasteiger partial charge >= 0.3 is 0 Å². The summed E-state index contributed by atoms with van der Waals surface area (Å²) in [4.78, 5) is 0.447. The van der Waals surface area contributed by atoms with Gasteiger partial charge < -0.3 is 18.9 Å². The molecule has 0 saturated heterocycles. The van der Waals surface area contributed by atoms with E-state index in [0.29, 0.717) is 46.0 Å². The molecule has 0 aliphatic carbocycles. The van der Waals surface area contributed by atoms with Crippen molar-refractivity contribution in [2.75, 3.05) is 0 Å². The summed E-state index contributed by atoms with van der Waals surface area (Å²) in [5.41, 5.74) is 5.62. The van der Waals surface area contributed by atoms with Crippen LogP contribution in [0.15, 0.2) is 271 Å². The monoisotopic (exact) mass is 1110 g/mol. The molecule has 0 unspecified atom stereocenters. The average molecular weight is 1110 g/mol. The number of hydrogen-bond donors (Lipinski definition) is 0. The lowest BCUT2D eigenvalue weighted by molar-refractivity contribution is 0.470. The molecule has 0 spiro atoms. The van der Waals surface area contributed by atoms with E-state index in [-0.39, 0.29) is 19.6 Å². The van der Waals surface area contributed by atoms with Gasteiger partial charge in [-0.05, 0) is 179 Å². The molecule has 0 aliphatic heterocycles. The van der Waals surface area contributed by atoms with Crippen LogP contribution in [0.4, 0.5) is 0 Å². The van der Waals surface area contributed by atoms with E-state index in [1.807, 2.05) is 133 Å². The fraction of sp³-hybridized carbons (Fsp3) is 0. The molecule has 72 heavy (non-hydrogen) atoms. The van der Waals surface area contributed by atoms with Crippen LogP contribution in [0.3, 0.4) is 0 Å². The molecule has 10 rings (SSSR count). The minimum Gasteiger partial charge on any atom is -0.457 e. The van der Waals surface area contributed by atoms with Gasteiger partial charge in [-0.25, -0.2) is 16.8 Å². The van der Waals surface area contributed by atoms with Gasteiger partial charge in [0.25, 0.3) is 0 Å². The van der Waals surface area contributed by atoms with Crippen LogP contribution in [0.2, 0.25) is 0 Å². The van der Waals surface area contributed by atoms with Gasteiger partial charge in [0, 0.05) is 14.5 Å². The number of sulfone groups is 2. The molecule has 0 saturated carbocycles. The minimum absolute atomic E-state index is 0.104. The first-order valence-electron chi connectivity index (χ1n) is 22.5. The van der Waals surface area contributed by atoms with Crippen molar-refractivity contribution in [2.24, 2.45) is 0 Å². The molecule has 0 N–H and O–H groups in total. The Hall–Kier alpha value is -7.74. The van der Waals surface area contributed by atoms with Gasteiger partial charge in [0.05, 0.1) is 19.6 Å². The average Bonchev–Trinajstić information content (AvgIpc) is 3.40. The highest BCUT2D eigenvalue weighted by atomic mass is 79.9. The van der Waals surface area contributed by atoms with Crippen LogP contribution in [0.5, 0.6) is 46.0 Å². The molecule has 0 aromatic heterocycles. The van der Waals surface area contributed by atoms with Crippen LogP contribution in [-0.2, 0) is 19.7 Å². The second-order valence-electron chi connectivity index (χ2n) is 16.4. The Kier molecular flexibility index (Phi) is 13.9. The Morgan fingerprint density at radius 1 is 0.264 bits per heavy atom. The fourth-order valence-corrected chi connectivity index (χ4v) is 11.4. The van der Waals surface area contributed by atoms with Gasteiger partial charge in [-0.1, -0.05) is 123 Å². The molecule has 0 amide bonds. The van der Waals surface area contributed by atoms with Crippen molar-refractivity contribution < 1.29 is 35.8 Å². The molecule has 0 radical (unpaired) electrons. The Bertz CT molecular complexity index is 3750. The van der Waals surface area contributed by atoms with E-state index in [1.165, 1.54) is 48.5 Å². The quantitative estimate of drug-likeness (QED) is 0.1000. The molecule has 8 nitrogen and oxygen atoms in total. The standard InChI is InChI=1S/C60H40Br2O8S2/c61-46-34-44(41-10-4-1-5-11-41)36-53(38-46)68-49-18-27-56(28-19-49)71(63,64)55-25-16-48(17-26-55)67-52-24-33-60(59(40-52)43-14-8-3-9-15-43)70-51-22-31-58(32-23-51)72(65,66)57-29-20-50(21-30-57)69-54-37-45(35-47(62)39-54)42-12-6-2-7-13-42/h1-40H. The van der Waals surface area contributed by atoms with Crippen LogP contribution in [-0.4, -0.2) is 16.8 Å². The van der Waals surface area contributed by atoms with Crippen molar-refractivity contribution in [3.8, 4) is 79.4 Å². The summed E-state index contributed by atoms with van der Waals surface area (Å²) in [6.07, 6.45) is 0. The zero-order valence-corrected chi connectivity index (χ0v) is 42.7. The summed E-state index contributed by atoms with van der Waals surface area (Å²) in [5.74, 6) is 4.04. The lowest BCUT2D eigenvalue weighted by Gasteiger charge is -2.15. The Morgan fingerprint density at radius 3 is 0.958 bits per heavy atom. The van der Waals surface area contributed by atoms with Crippen LogP contribution >= 0.6 is 31.9 Å². The van der Waals surface area contributed by atoms with E-state index >= 15 is 0 Å². The van der Waals surface area contributed by atoms with Gasteiger partial charge in [0.2, 0.25) is 19.7 Å². The van der Waals surface area contributed by atoms with Gasteiger partial charge in [0.1, 0.15) is 46.0 Å². The van der Waals surface area contributed by atoms with Crippen LogP contribution in [0.1, 0.15) is 0 Å². The number of rotatable bonds is 15. The molecule has 0 fully saturated rings. The first-order valence-corrected chi connectivity index (χ1v) is 27.0. The molecule has 10 aromatic carbocycles. The van der Waals surface area contributed by atoms with Crippen molar-refractivity contribution in [2.45, 2.75) is 19.6 Å². The van der Waals surface area contributed by atoms with E-state index in [2.05, 4.69) is 31.9 Å². The summed E-state index contributed by atoms with van der Waals surface area (Å²) in [7, 11) is -7.74. The van der Waals surface area contributed by atoms with Crippen molar-refractivity contribution in [3.63, 3.8) is 0 Å². The van der Waals surface area contributed by atoms with Crippen LogP contribution in [0, 0.1) is 0 Å². The maximum atomic E-state index is 13.8. The highest BCUT2D eigenvalue weighted by Crippen LogP contribution is 2.39. The van der Waals surface area contributed by atoms with Gasteiger partial charge in [-0.2, -0.15) is 0 Å². The fourth-order valence-electron chi connectivity index (χ4n) is 7.90. The molecule has 0 heterocycles. The zero-order chi connectivity index (χ0) is 49.7. The normalized spacial score (nSPS) is 11.4. The zero-order valence-electron chi connectivity index (χ0n) is 37.9. The first kappa shape index (κ1) is 47.9. The number of hydrogen-bond acceptors (Lipinski definition) is 8. The molecular formula is C60H40Br2O8S2. The summed E-state index contributed by atoms with van der Waals surface area (Å²) in [6.45, 7) is 0. The lowest BCUT2D eigenvalue weighted by Crippen LogP contribution is -2.02. The second kappa shape index (κ2) is 20.9. The molecule has 354 valence electrons. The van der Waals surface area contributed by atoms with Crippen molar-refractivity contribution in [1.29, 1.82) is 0 Å². The second-order valence-corrected chi connectivity index (χ2v) is 22.1. The molecule has 0 atom stereocenters. The summed E-state index contributed by atoms with van der Waals surface area (Å²) in [5, 5.41) is 0. The maximum absolute atomic E-state index is 13.8. The molecule has 12 heteroatoms. The van der Waals surface area contributed by atoms with Gasteiger partial charge in [0.15, 0.2) is 0 Å².